The van der Waals surface area contributed by atoms with Crippen LogP contribution in [-0.2, 0) is 0 Å². The molecule has 0 aliphatic rings. The summed E-state index contributed by atoms with van der Waals surface area (Å²) in [5.41, 5.74) is -0.0159. The van der Waals surface area contributed by atoms with Crippen molar-refractivity contribution in [3.8, 4) is 5.88 Å². The van der Waals surface area contributed by atoms with Crippen LogP contribution in [0.3, 0.4) is 0 Å². The molecule has 5 nitrogen and oxygen atoms in total. The molecule has 0 amide bonds. The summed E-state index contributed by atoms with van der Waals surface area (Å²) in [7, 11) is 0. The molecule has 0 aliphatic carbocycles. The van der Waals surface area contributed by atoms with Crippen molar-refractivity contribution >= 4 is 11.8 Å². The zero-order valence-electron chi connectivity index (χ0n) is 11.3. The van der Waals surface area contributed by atoms with Crippen LogP contribution in [0, 0.1) is 0 Å². The van der Waals surface area contributed by atoms with Crippen molar-refractivity contribution in [1.82, 2.24) is 15.3 Å². The fourth-order valence-electron chi connectivity index (χ4n) is 1.21. The van der Waals surface area contributed by atoms with Gasteiger partial charge in [-0.1, -0.05) is 0 Å². The first-order valence-electron chi connectivity index (χ1n) is 5.83. The van der Waals surface area contributed by atoms with Gasteiger partial charge in [0.05, 0.1) is 0 Å². The number of nitrogens with one attached hydrogen (secondary N) is 1. The zero-order chi connectivity index (χ0) is 13.6. The summed E-state index contributed by atoms with van der Waals surface area (Å²) < 4.78 is 5.47. The highest BCUT2D eigenvalue weighted by molar-refractivity contribution is 7.98. The smallest absolute Gasteiger partial charge is 0.246 e. The Balaban J connectivity index is 2.40. The molecule has 1 unspecified atom stereocenters. The number of β-amino-alcohol motifs (C(OH)–C–C–N with tert-alkyl or cyclic N) is 1. The van der Waals surface area contributed by atoms with Gasteiger partial charge in [-0.25, -0.2) is 9.97 Å². The van der Waals surface area contributed by atoms with Crippen molar-refractivity contribution in [2.24, 2.45) is 0 Å². The van der Waals surface area contributed by atoms with E-state index in [0.717, 1.165) is 5.03 Å². The van der Waals surface area contributed by atoms with Gasteiger partial charge in [0.2, 0.25) is 5.88 Å². The van der Waals surface area contributed by atoms with Crippen LogP contribution in [0.2, 0.25) is 0 Å². The third-order valence-corrected chi connectivity index (χ3v) is 2.77. The van der Waals surface area contributed by atoms with Crippen LogP contribution >= 0.6 is 11.8 Å². The number of aliphatic hydroxyl groups excluding tert-OH is 1. The number of ether oxygens (including phenoxy) is 1. The van der Waals surface area contributed by atoms with E-state index in [1.807, 2.05) is 6.26 Å². The molecule has 0 saturated heterocycles. The molecule has 0 bridgehead atoms. The van der Waals surface area contributed by atoms with Crippen molar-refractivity contribution < 1.29 is 9.84 Å². The molecule has 0 aromatic carbocycles. The van der Waals surface area contributed by atoms with Gasteiger partial charge in [-0.2, -0.15) is 0 Å². The van der Waals surface area contributed by atoms with Gasteiger partial charge in [-0.05, 0) is 27.0 Å². The van der Waals surface area contributed by atoms with Gasteiger partial charge < -0.3 is 15.2 Å². The third kappa shape index (κ3) is 5.66. The molecule has 2 N–H and O–H groups in total. The summed E-state index contributed by atoms with van der Waals surface area (Å²) in [5, 5.41) is 13.7. The van der Waals surface area contributed by atoms with Gasteiger partial charge in [0.25, 0.3) is 0 Å². The van der Waals surface area contributed by atoms with Crippen LogP contribution in [0.4, 0.5) is 0 Å². The highest BCUT2D eigenvalue weighted by atomic mass is 32.2. The van der Waals surface area contributed by atoms with E-state index < -0.39 is 6.10 Å². The average Bonchev–Trinajstić information content (AvgIpc) is 2.33. The molecule has 102 valence electrons. The monoisotopic (exact) mass is 271 g/mol. The Kier molecular flexibility index (Phi) is 5.84. The number of nitrogens with zero attached hydrogens (tertiary/aromatic N) is 2. The van der Waals surface area contributed by atoms with Crippen LogP contribution in [-0.4, -0.2) is 46.1 Å². The molecular formula is C12H21N3O2S. The topological polar surface area (TPSA) is 67.3 Å². The molecule has 0 saturated carbocycles. The van der Waals surface area contributed by atoms with Crippen LogP contribution in [0.15, 0.2) is 17.4 Å². The molecule has 0 spiro atoms. The lowest BCUT2D eigenvalue weighted by Crippen LogP contribution is -2.42. The molecule has 6 heteroatoms. The van der Waals surface area contributed by atoms with Crippen molar-refractivity contribution in [1.29, 1.82) is 0 Å². The van der Waals surface area contributed by atoms with Crippen LogP contribution in [0.25, 0.3) is 0 Å². The number of hydrogen-bond acceptors (Lipinski definition) is 6. The SMILES string of the molecule is CSc1nccnc1OCC(O)CNC(C)(C)C. The molecule has 1 aromatic heterocycles. The Labute approximate surface area is 112 Å². The first-order valence-corrected chi connectivity index (χ1v) is 7.06. The minimum Gasteiger partial charge on any atom is -0.473 e. The van der Waals surface area contributed by atoms with Gasteiger partial charge >= 0.3 is 0 Å². The second-order valence-electron chi connectivity index (χ2n) is 4.97. The molecule has 0 fully saturated rings. The van der Waals surface area contributed by atoms with E-state index >= 15 is 0 Å². The summed E-state index contributed by atoms with van der Waals surface area (Å²) in [6.07, 6.45) is 4.54. The molecule has 1 rings (SSSR count). The number of rotatable bonds is 6. The van der Waals surface area contributed by atoms with E-state index in [1.165, 1.54) is 11.8 Å². The lowest BCUT2D eigenvalue weighted by Gasteiger charge is -2.22. The van der Waals surface area contributed by atoms with Crippen LogP contribution in [0.5, 0.6) is 5.88 Å². The number of aliphatic hydroxyl groups is 1. The van der Waals surface area contributed by atoms with Crippen molar-refractivity contribution in [2.45, 2.75) is 37.4 Å². The second-order valence-corrected chi connectivity index (χ2v) is 5.76. The quantitative estimate of drug-likeness (QED) is 0.761. The van der Waals surface area contributed by atoms with Crippen LogP contribution < -0.4 is 10.1 Å². The molecule has 18 heavy (non-hydrogen) atoms. The molecule has 1 atom stereocenters. The van der Waals surface area contributed by atoms with Gasteiger partial charge in [0.15, 0.2) is 5.03 Å². The fourth-order valence-corrected chi connectivity index (χ4v) is 1.66. The predicted molar refractivity (Wildman–Crippen MR) is 73.1 cm³/mol. The Morgan fingerprint density at radius 3 is 2.67 bits per heavy atom. The summed E-state index contributed by atoms with van der Waals surface area (Å²) in [5.74, 6) is 0.472. The molecule has 0 radical (unpaired) electrons. The summed E-state index contributed by atoms with van der Waals surface area (Å²) in [6.45, 7) is 6.84. The van der Waals surface area contributed by atoms with E-state index in [-0.39, 0.29) is 12.1 Å². The van der Waals surface area contributed by atoms with E-state index in [9.17, 15) is 5.11 Å². The molecule has 1 heterocycles. The maximum Gasteiger partial charge on any atom is 0.246 e. The van der Waals surface area contributed by atoms with Crippen LogP contribution in [0.1, 0.15) is 20.8 Å². The van der Waals surface area contributed by atoms with Gasteiger partial charge in [-0.3, -0.25) is 0 Å². The lowest BCUT2D eigenvalue weighted by atomic mass is 10.1. The summed E-state index contributed by atoms with van der Waals surface area (Å²) >= 11 is 1.47. The van der Waals surface area contributed by atoms with Gasteiger partial charge in [0.1, 0.15) is 12.7 Å². The molecular weight excluding hydrogens is 250 g/mol. The largest absolute Gasteiger partial charge is 0.473 e. The first kappa shape index (κ1) is 15.2. The average molecular weight is 271 g/mol. The maximum atomic E-state index is 9.79. The third-order valence-electron chi connectivity index (χ3n) is 2.11. The van der Waals surface area contributed by atoms with Gasteiger partial charge in [0, 0.05) is 24.5 Å². The van der Waals surface area contributed by atoms with E-state index in [4.69, 9.17) is 4.74 Å². The van der Waals surface area contributed by atoms with E-state index in [2.05, 4.69) is 36.1 Å². The second kappa shape index (κ2) is 6.92. The minimum atomic E-state index is -0.569. The minimum absolute atomic E-state index is 0.0159. The Bertz CT molecular complexity index is 369. The molecule has 1 aromatic rings. The number of aromatic nitrogens is 2. The Morgan fingerprint density at radius 1 is 1.39 bits per heavy atom. The highest BCUT2D eigenvalue weighted by Gasteiger charge is 2.13. The maximum absolute atomic E-state index is 9.79. The van der Waals surface area contributed by atoms with E-state index in [0.29, 0.717) is 12.4 Å². The lowest BCUT2D eigenvalue weighted by molar-refractivity contribution is 0.0958. The first-order chi connectivity index (χ1) is 8.42. The summed E-state index contributed by atoms with van der Waals surface area (Å²) in [4.78, 5) is 8.23. The standard InChI is InChI=1S/C12H21N3O2S/c1-12(2,3)15-7-9(16)8-17-10-11(18-4)14-6-5-13-10/h5-6,9,15-16H,7-8H2,1-4H3. The normalized spacial score (nSPS) is 13.4. The Hall–Kier alpha value is -0.850. The predicted octanol–water partition coefficient (Wildman–Crippen LogP) is 1.33. The summed E-state index contributed by atoms with van der Waals surface area (Å²) in [6, 6.07) is 0. The fraction of sp³-hybridized carbons (Fsp3) is 0.667. The van der Waals surface area contributed by atoms with Crippen molar-refractivity contribution in [2.75, 3.05) is 19.4 Å². The molecule has 0 aliphatic heterocycles. The number of hydrogen-bond donors (Lipinski definition) is 2. The highest BCUT2D eigenvalue weighted by Crippen LogP contribution is 2.21. The van der Waals surface area contributed by atoms with Crippen molar-refractivity contribution in [3.05, 3.63) is 12.4 Å². The van der Waals surface area contributed by atoms with Gasteiger partial charge in [-0.15, -0.1) is 11.8 Å². The van der Waals surface area contributed by atoms with Crippen molar-refractivity contribution in [3.63, 3.8) is 0 Å². The van der Waals surface area contributed by atoms with E-state index in [1.54, 1.807) is 12.4 Å². The number of thioether (sulfide) groups is 1. The Morgan fingerprint density at radius 2 is 2.06 bits per heavy atom. The zero-order valence-corrected chi connectivity index (χ0v) is 12.1.